The quantitative estimate of drug-likeness (QED) is 0.504. The lowest BCUT2D eigenvalue weighted by Crippen LogP contribution is -2.78. The Labute approximate surface area is 142 Å². The smallest absolute Gasteiger partial charge is 0.116 e. The summed E-state index contributed by atoms with van der Waals surface area (Å²) in [5, 5.41) is -1.19. The van der Waals surface area contributed by atoms with E-state index in [2.05, 4.69) is 91.9 Å². The van der Waals surface area contributed by atoms with Gasteiger partial charge in [-0.05, 0) is 26.7 Å². The standard InChI is InChI=1S/C12H23B8NO/c13-9(14)8(22)10(15,16)12(19,20)21(11(9,17)18)6-7-4-2-1-3-5-7/h1-5H,6,13-20H2. The summed E-state index contributed by atoms with van der Waals surface area (Å²) in [6.45, 7) is 0.862. The molecule has 1 fully saturated rings. The van der Waals surface area contributed by atoms with Gasteiger partial charge in [-0.25, -0.2) is 0 Å². The lowest BCUT2D eigenvalue weighted by atomic mass is 9.18. The van der Waals surface area contributed by atoms with Gasteiger partial charge < -0.3 is 9.69 Å². The summed E-state index contributed by atoms with van der Waals surface area (Å²) in [4.78, 5) is 15.7. The summed E-state index contributed by atoms with van der Waals surface area (Å²) in [6.07, 6.45) is 0. The van der Waals surface area contributed by atoms with Crippen molar-refractivity contribution in [1.82, 2.24) is 4.90 Å². The Balaban J connectivity index is 2.55. The normalized spacial score (nSPS) is 25.5. The molecule has 1 aliphatic heterocycles. The minimum Gasteiger partial charge on any atom is -0.319 e. The van der Waals surface area contributed by atoms with E-state index < -0.39 is 0 Å². The number of Topliss-reactive ketones (excluding diaryl/α,β-unsaturated/α-hetero) is 1. The van der Waals surface area contributed by atoms with E-state index in [0.29, 0.717) is 5.78 Å². The van der Waals surface area contributed by atoms with Gasteiger partial charge in [0.05, 0.1) is 0 Å². The average molecular weight is 284 g/mol. The van der Waals surface area contributed by atoms with Crippen molar-refractivity contribution in [2.24, 2.45) is 0 Å². The number of hydrogen-bond acceptors (Lipinski definition) is 2. The summed E-state index contributed by atoms with van der Waals surface area (Å²) >= 11 is 0. The van der Waals surface area contributed by atoms with Crippen molar-refractivity contribution in [3.63, 3.8) is 0 Å². The Morgan fingerprint density at radius 3 is 1.59 bits per heavy atom. The van der Waals surface area contributed by atoms with Gasteiger partial charge in [0.25, 0.3) is 0 Å². The van der Waals surface area contributed by atoms with E-state index in [-0.39, 0.29) is 21.1 Å². The average Bonchev–Trinajstić information content (AvgIpc) is 2.43. The van der Waals surface area contributed by atoms with Gasteiger partial charge in [0, 0.05) is 6.54 Å². The Morgan fingerprint density at radius 2 is 1.18 bits per heavy atom. The Kier molecular flexibility index (Phi) is 4.18. The number of ketones is 1. The molecule has 0 N–H and O–H groups in total. The van der Waals surface area contributed by atoms with E-state index >= 15 is 0 Å². The molecule has 0 radical (unpaired) electrons. The Morgan fingerprint density at radius 1 is 0.773 bits per heavy atom. The van der Waals surface area contributed by atoms with Crippen LogP contribution in [0.4, 0.5) is 0 Å². The number of likely N-dealkylation sites (tertiary alicyclic amines) is 1. The molecule has 0 aromatic heterocycles. The highest BCUT2D eigenvalue weighted by molar-refractivity contribution is 6.72. The molecule has 1 aromatic rings. The fourth-order valence-corrected chi connectivity index (χ4v) is 3.87. The Hall–Kier alpha value is -0.631. The molecule has 0 unspecified atom stereocenters. The third-order valence-electron chi connectivity index (χ3n) is 6.73. The van der Waals surface area contributed by atoms with Crippen LogP contribution in [0.1, 0.15) is 5.56 Å². The number of piperidine rings is 1. The summed E-state index contributed by atoms with van der Waals surface area (Å²) in [6, 6.07) is 10.6. The number of carbonyl (C=O) groups excluding carboxylic acids is 1. The summed E-state index contributed by atoms with van der Waals surface area (Å²) in [5.41, 5.74) is 1.30. The lowest BCUT2D eigenvalue weighted by Gasteiger charge is -2.67. The van der Waals surface area contributed by atoms with Crippen molar-refractivity contribution in [2.75, 3.05) is 0 Å². The molecular weight excluding hydrogens is 261 g/mol. The van der Waals surface area contributed by atoms with E-state index in [1.807, 2.05) is 6.07 Å². The van der Waals surface area contributed by atoms with Crippen LogP contribution >= 0.6 is 0 Å². The number of nitrogens with zero attached hydrogens (tertiary/aromatic N) is 1. The molecule has 0 atom stereocenters. The summed E-state index contributed by atoms with van der Waals surface area (Å²) in [5.74, 6) is 0.360. The lowest BCUT2D eigenvalue weighted by molar-refractivity contribution is -0.127. The first-order chi connectivity index (χ1) is 9.87. The molecule has 0 spiro atoms. The first kappa shape index (κ1) is 17.7. The zero-order valence-corrected chi connectivity index (χ0v) is 15.4. The molecule has 1 aliphatic rings. The maximum absolute atomic E-state index is 13.2. The van der Waals surface area contributed by atoms with Crippen molar-refractivity contribution in [3.8, 4) is 0 Å². The van der Waals surface area contributed by atoms with Gasteiger partial charge in [-0.3, -0.25) is 0 Å². The van der Waals surface area contributed by atoms with Crippen LogP contribution < -0.4 is 0 Å². The van der Waals surface area contributed by atoms with Crippen molar-refractivity contribution >= 4 is 68.6 Å². The van der Waals surface area contributed by atoms with Crippen LogP contribution in [-0.2, 0) is 11.3 Å². The second-order valence-electron chi connectivity index (χ2n) is 8.77. The van der Waals surface area contributed by atoms with Crippen LogP contribution in [0.25, 0.3) is 0 Å². The maximum Gasteiger partial charge on any atom is 0.116 e. The largest absolute Gasteiger partial charge is 0.319 e. The van der Waals surface area contributed by atoms with Crippen LogP contribution in [0.2, 0.25) is 10.4 Å². The third kappa shape index (κ3) is 2.29. The molecule has 0 saturated carbocycles. The van der Waals surface area contributed by atoms with Crippen molar-refractivity contribution < 1.29 is 4.79 Å². The molecule has 106 valence electrons. The van der Waals surface area contributed by atoms with Gasteiger partial charge in [0.15, 0.2) is 0 Å². The van der Waals surface area contributed by atoms with Crippen molar-refractivity contribution in [3.05, 3.63) is 35.9 Å². The van der Waals surface area contributed by atoms with Crippen LogP contribution in [0.15, 0.2) is 30.3 Å². The molecule has 0 aliphatic carbocycles. The molecule has 0 amide bonds. The first-order valence-electron chi connectivity index (χ1n) is 8.23. The van der Waals surface area contributed by atoms with Gasteiger partial charge in [0.2, 0.25) is 0 Å². The van der Waals surface area contributed by atoms with E-state index in [1.165, 1.54) is 5.56 Å². The van der Waals surface area contributed by atoms with Gasteiger partial charge in [0.1, 0.15) is 68.6 Å². The molecule has 22 heavy (non-hydrogen) atoms. The number of hydrogen-bond donors (Lipinski definition) is 0. The fraction of sp³-hybridized carbons (Fsp3) is 0.417. The van der Waals surface area contributed by atoms with Crippen molar-refractivity contribution in [1.29, 1.82) is 0 Å². The van der Waals surface area contributed by atoms with E-state index in [0.717, 1.165) is 6.54 Å². The fourth-order valence-electron chi connectivity index (χ4n) is 3.87. The van der Waals surface area contributed by atoms with Crippen LogP contribution in [0.3, 0.4) is 0 Å². The van der Waals surface area contributed by atoms with Gasteiger partial charge in [-0.1, -0.05) is 30.3 Å². The maximum atomic E-state index is 13.2. The van der Waals surface area contributed by atoms with Gasteiger partial charge in [-0.15, -0.1) is 0 Å². The number of carbonyl (C=O) groups is 1. The van der Waals surface area contributed by atoms with Gasteiger partial charge >= 0.3 is 0 Å². The molecule has 1 aromatic carbocycles. The molecule has 1 heterocycles. The predicted octanol–water partition coefficient (Wildman–Crippen LogP) is -6.32. The third-order valence-corrected chi connectivity index (χ3v) is 6.73. The van der Waals surface area contributed by atoms with Crippen molar-refractivity contribution in [2.45, 2.75) is 27.6 Å². The zero-order valence-electron chi connectivity index (χ0n) is 15.4. The molecule has 10 heteroatoms. The second-order valence-corrected chi connectivity index (χ2v) is 8.77. The van der Waals surface area contributed by atoms with E-state index in [9.17, 15) is 4.79 Å². The highest BCUT2D eigenvalue weighted by atomic mass is 16.1. The summed E-state index contributed by atoms with van der Waals surface area (Å²) < 4.78 is 0. The Bertz CT molecular complexity index is 556. The molecular formula is C12H23B8NO. The minimum atomic E-state index is -0.388. The van der Waals surface area contributed by atoms with Crippen LogP contribution in [-0.4, -0.2) is 84.1 Å². The SMILES string of the molecule is BC1(B)C(=O)C(B)(B)C(B)(B)N(Cc2ccccc2)C1(B)B. The first-order valence-corrected chi connectivity index (χ1v) is 8.23. The molecule has 1 saturated heterocycles. The highest BCUT2D eigenvalue weighted by Gasteiger charge is 2.62. The van der Waals surface area contributed by atoms with Crippen LogP contribution in [0, 0.1) is 0 Å². The molecule has 2 nitrogen and oxygen atoms in total. The zero-order chi connectivity index (χ0) is 17.0. The summed E-state index contributed by atoms with van der Waals surface area (Å²) in [7, 11) is 17.3. The molecule has 2 rings (SSSR count). The topological polar surface area (TPSA) is 20.3 Å². The minimum absolute atomic E-state index is 0.209. The second kappa shape index (κ2) is 5.19. The monoisotopic (exact) mass is 285 g/mol. The molecule has 0 bridgehead atoms. The van der Waals surface area contributed by atoms with Gasteiger partial charge in [-0.2, -0.15) is 0 Å². The van der Waals surface area contributed by atoms with Crippen LogP contribution in [0.5, 0.6) is 0 Å². The predicted molar refractivity (Wildman–Crippen MR) is 116 cm³/mol. The number of rotatable bonds is 2. The van der Waals surface area contributed by atoms with E-state index in [1.54, 1.807) is 0 Å². The number of benzene rings is 1. The highest BCUT2D eigenvalue weighted by Crippen LogP contribution is 2.53. The van der Waals surface area contributed by atoms with E-state index in [4.69, 9.17) is 0 Å².